The molecule has 134 valence electrons. The quantitative estimate of drug-likeness (QED) is 0.499. The van der Waals surface area contributed by atoms with E-state index in [0.29, 0.717) is 5.39 Å². The van der Waals surface area contributed by atoms with Crippen LogP contribution in [0.25, 0.3) is 10.9 Å². The third kappa shape index (κ3) is 3.41. The third-order valence-electron chi connectivity index (χ3n) is 4.87. The minimum Gasteiger partial charge on any atom is -0.377 e. The second kappa shape index (κ2) is 7.64. The summed E-state index contributed by atoms with van der Waals surface area (Å²) in [6.45, 7) is 2.90. The summed E-state index contributed by atoms with van der Waals surface area (Å²) in [6, 6.07) is 17.6. The Morgan fingerprint density at radius 1 is 1.19 bits per heavy atom. The molecule has 2 aromatic carbocycles. The summed E-state index contributed by atoms with van der Waals surface area (Å²) in [5.41, 5.74) is 1.87. The van der Waals surface area contributed by atoms with Crippen molar-refractivity contribution in [3.63, 3.8) is 0 Å². The van der Waals surface area contributed by atoms with E-state index in [2.05, 4.69) is 19.1 Å². The number of aromatic nitrogens is 2. The number of benzene rings is 2. The van der Waals surface area contributed by atoms with Crippen molar-refractivity contribution < 1.29 is 4.74 Å². The summed E-state index contributed by atoms with van der Waals surface area (Å²) in [5.74, 6) is 0.826. The van der Waals surface area contributed by atoms with Gasteiger partial charge < -0.3 is 4.74 Å². The summed E-state index contributed by atoms with van der Waals surface area (Å²) in [6.07, 6.45) is 2.45. The van der Waals surface area contributed by atoms with Gasteiger partial charge in [-0.2, -0.15) is 0 Å². The number of rotatable bonds is 5. The van der Waals surface area contributed by atoms with E-state index in [1.165, 1.54) is 0 Å². The molecule has 5 heteroatoms. The van der Waals surface area contributed by atoms with Crippen molar-refractivity contribution in [3.8, 4) is 0 Å². The molecule has 4 rings (SSSR count). The van der Waals surface area contributed by atoms with E-state index in [1.807, 2.05) is 47.0 Å². The molecular formula is C21H22N2O2S. The number of hydrogen-bond donors (Lipinski definition) is 0. The smallest absolute Gasteiger partial charge is 0.262 e. The summed E-state index contributed by atoms with van der Waals surface area (Å²) in [4.78, 5) is 18.1. The number of ether oxygens (including phenoxy) is 1. The molecule has 2 heterocycles. The van der Waals surface area contributed by atoms with Crippen LogP contribution >= 0.6 is 11.8 Å². The molecule has 26 heavy (non-hydrogen) atoms. The van der Waals surface area contributed by atoms with Crippen molar-refractivity contribution >= 4 is 22.7 Å². The first kappa shape index (κ1) is 17.3. The topological polar surface area (TPSA) is 44.1 Å². The molecule has 1 aliphatic rings. The second-order valence-electron chi connectivity index (χ2n) is 6.62. The normalized spacial score (nSPS) is 18.3. The van der Waals surface area contributed by atoms with Crippen molar-refractivity contribution in [1.82, 2.24) is 9.55 Å². The molecule has 0 aliphatic carbocycles. The molecule has 0 saturated carbocycles. The van der Waals surface area contributed by atoms with Gasteiger partial charge in [-0.1, -0.05) is 54.2 Å². The van der Waals surface area contributed by atoms with Crippen LogP contribution in [0.4, 0.5) is 0 Å². The highest BCUT2D eigenvalue weighted by Gasteiger charge is 2.21. The van der Waals surface area contributed by atoms with Crippen LogP contribution in [-0.2, 0) is 4.74 Å². The fourth-order valence-corrected chi connectivity index (χ4v) is 4.53. The fraction of sp³-hybridized carbons (Fsp3) is 0.333. The van der Waals surface area contributed by atoms with Crippen molar-refractivity contribution in [3.05, 3.63) is 70.5 Å². The summed E-state index contributed by atoms with van der Waals surface area (Å²) < 4.78 is 7.57. The Bertz CT molecular complexity index is 949. The molecule has 4 nitrogen and oxygen atoms in total. The first-order valence-corrected chi connectivity index (χ1v) is 10.0. The maximum Gasteiger partial charge on any atom is 0.262 e. The first-order chi connectivity index (χ1) is 12.7. The maximum absolute atomic E-state index is 13.2. The van der Waals surface area contributed by atoms with Crippen molar-refractivity contribution in [2.75, 3.05) is 12.4 Å². The standard InChI is InChI=1S/C21H22N2O2S/c1-15(16-8-3-2-4-9-16)23-20(24)18-11-5-6-12-19(18)22-21(23)26-14-17-10-7-13-25-17/h2-6,8-9,11-12,15,17H,7,10,13-14H2,1H3/t15-,17+/m0/s1. The summed E-state index contributed by atoms with van der Waals surface area (Å²) >= 11 is 1.62. The highest BCUT2D eigenvalue weighted by atomic mass is 32.2. The highest BCUT2D eigenvalue weighted by molar-refractivity contribution is 7.99. The molecule has 0 spiro atoms. The zero-order chi connectivity index (χ0) is 17.9. The lowest BCUT2D eigenvalue weighted by molar-refractivity contribution is 0.129. The maximum atomic E-state index is 13.2. The molecule has 0 amide bonds. The molecule has 3 aromatic rings. The van der Waals surface area contributed by atoms with Crippen LogP contribution in [0.3, 0.4) is 0 Å². The molecule has 1 saturated heterocycles. The van der Waals surface area contributed by atoms with Crippen molar-refractivity contribution in [1.29, 1.82) is 0 Å². The van der Waals surface area contributed by atoms with Crippen molar-refractivity contribution in [2.45, 2.75) is 37.1 Å². The van der Waals surface area contributed by atoms with Crippen LogP contribution in [0.5, 0.6) is 0 Å². The molecule has 2 atom stereocenters. The van der Waals surface area contributed by atoms with Gasteiger partial charge in [0, 0.05) is 12.4 Å². The van der Waals surface area contributed by atoms with Gasteiger partial charge in [0.05, 0.1) is 23.0 Å². The number of nitrogens with zero attached hydrogens (tertiary/aromatic N) is 2. The Hall–Kier alpha value is -2.11. The van der Waals surface area contributed by atoms with E-state index in [0.717, 1.165) is 41.4 Å². The van der Waals surface area contributed by atoms with Gasteiger partial charge in [-0.15, -0.1) is 0 Å². The second-order valence-corrected chi connectivity index (χ2v) is 7.61. The zero-order valence-corrected chi connectivity index (χ0v) is 15.6. The van der Waals surface area contributed by atoms with Crippen LogP contribution < -0.4 is 5.56 Å². The van der Waals surface area contributed by atoms with E-state index in [-0.39, 0.29) is 17.7 Å². The minimum absolute atomic E-state index is 0.0155. The van der Waals surface area contributed by atoms with Crippen LogP contribution in [-0.4, -0.2) is 28.0 Å². The third-order valence-corrected chi connectivity index (χ3v) is 5.95. The fourth-order valence-electron chi connectivity index (χ4n) is 3.39. The van der Waals surface area contributed by atoms with E-state index in [1.54, 1.807) is 11.8 Å². The number of fused-ring (bicyclic) bond motifs is 1. The molecule has 0 radical (unpaired) electrons. The molecule has 1 aromatic heterocycles. The first-order valence-electron chi connectivity index (χ1n) is 9.04. The number of hydrogen-bond acceptors (Lipinski definition) is 4. The van der Waals surface area contributed by atoms with Gasteiger partial charge in [-0.3, -0.25) is 9.36 Å². The Kier molecular flexibility index (Phi) is 5.09. The van der Waals surface area contributed by atoms with E-state index < -0.39 is 0 Å². The monoisotopic (exact) mass is 366 g/mol. The Morgan fingerprint density at radius 3 is 2.73 bits per heavy atom. The van der Waals surface area contributed by atoms with Gasteiger partial charge in [0.1, 0.15) is 0 Å². The van der Waals surface area contributed by atoms with Crippen LogP contribution in [0, 0.1) is 0 Å². The summed E-state index contributed by atoms with van der Waals surface area (Å²) in [5, 5.41) is 1.43. The predicted molar refractivity (Wildman–Crippen MR) is 106 cm³/mol. The molecular weight excluding hydrogens is 344 g/mol. The SMILES string of the molecule is C[C@@H](c1ccccc1)n1c(SC[C@H]2CCCO2)nc2ccccc2c1=O. The Morgan fingerprint density at radius 2 is 1.96 bits per heavy atom. The Labute approximate surface area is 157 Å². The summed E-state index contributed by atoms with van der Waals surface area (Å²) in [7, 11) is 0. The zero-order valence-electron chi connectivity index (χ0n) is 14.8. The molecule has 0 N–H and O–H groups in total. The average Bonchev–Trinajstić information content (AvgIpc) is 3.20. The highest BCUT2D eigenvalue weighted by Crippen LogP contribution is 2.27. The molecule has 1 aliphatic heterocycles. The van der Waals surface area contributed by atoms with Crippen molar-refractivity contribution in [2.24, 2.45) is 0 Å². The van der Waals surface area contributed by atoms with Gasteiger partial charge in [-0.25, -0.2) is 4.98 Å². The lowest BCUT2D eigenvalue weighted by atomic mass is 10.1. The number of thioether (sulfide) groups is 1. The lowest BCUT2D eigenvalue weighted by Crippen LogP contribution is -2.27. The van der Waals surface area contributed by atoms with E-state index >= 15 is 0 Å². The van der Waals surface area contributed by atoms with Crippen LogP contribution in [0.1, 0.15) is 31.4 Å². The molecule has 0 bridgehead atoms. The Balaban J connectivity index is 1.78. The van der Waals surface area contributed by atoms with E-state index in [9.17, 15) is 4.79 Å². The van der Waals surface area contributed by atoms with Crippen LogP contribution in [0.2, 0.25) is 0 Å². The van der Waals surface area contributed by atoms with Gasteiger partial charge >= 0.3 is 0 Å². The minimum atomic E-state index is -0.0761. The van der Waals surface area contributed by atoms with Crippen LogP contribution in [0.15, 0.2) is 64.5 Å². The molecule has 1 fully saturated rings. The predicted octanol–water partition coefficient (Wildman–Crippen LogP) is 4.28. The van der Waals surface area contributed by atoms with Gasteiger partial charge in [0.15, 0.2) is 5.16 Å². The van der Waals surface area contributed by atoms with Gasteiger partial charge in [0.2, 0.25) is 0 Å². The number of para-hydroxylation sites is 1. The van der Waals surface area contributed by atoms with Gasteiger partial charge in [-0.05, 0) is 37.5 Å². The molecule has 0 unspecified atom stereocenters. The lowest BCUT2D eigenvalue weighted by Gasteiger charge is -2.20. The van der Waals surface area contributed by atoms with Gasteiger partial charge in [0.25, 0.3) is 5.56 Å². The average molecular weight is 366 g/mol. The van der Waals surface area contributed by atoms with E-state index in [4.69, 9.17) is 9.72 Å². The largest absolute Gasteiger partial charge is 0.377 e.